The van der Waals surface area contributed by atoms with Gasteiger partial charge in [-0.3, -0.25) is 4.90 Å². The van der Waals surface area contributed by atoms with E-state index in [-0.39, 0.29) is 0 Å². The highest BCUT2D eigenvalue weighted by Gasteiger charge is 2.24. The van der Waals surface area contributed by atoms with E-state index in [4.69, 9.17) is 10.5 Å². The average molecular weight is 212 g/mol. The lowest BCUT2D eigenvalue weighted by Crippen LogP contribution is -2.42. The molecule has 3 nitrogen and oxygen atoms in total. The van der Waals surface area contributed by atoms with E-state index in [1.165, 1.54) is 45.2 Å². The standard InChI is InChI=1S/C12H24N2O/c13-8-12-4-2-1-3-6-14(12)9-11-5-7-15-10-11/h11-12H,1-10,13H2. The number of nitrogens with zero attached hydrogens (tertiary/aromatic N) is 1. The Bertz CT molecular complexity index is 180. The van der Waals surface area contributed by atoms with E-state index in [2.05, 4.69) is 4.90 Å². The largest absolute Gasteiger partial charge is 0.381 e. The van der Waals surface area contributed by atoms with Crippen molar-refractivity contribution in [3.8, 4) is 0 Å². The molecule has 0 aromatic heterocycles. The quantitative estimate of drug-likeness (QED) is 0.764. The first kappa shape index (κ1) is 11.4. The zero-order valence-corrected chi connectivity index (χ0v) is 9.66. The summed E-state index contributed by atoms with van der Waals surface area (Å²) in [5.41, 5.74) is 5.86. The van der Waals surface area contributed by atoms with E-state index in [0.717, 1.165) is 25.7 Å². The van der Waals surface area contributed by atoms with Gasteiger partial charge in [-0.05, 0) is 31.7 Å². The molecule has 2 aliphatic rings. The van der Waals surface area contributed by atoms with Crippen molar-refractivity contribution < 1.29 is 4.74 Å². The molecular weight excluding hydrogens is 188 g/mol. The summed E-state index contributed by atoms with van der Waals surface area (Å²) < 4.78 is 5.44. The third kappa shape index (κ3) is 3.16. The van der Waals surface area contributed by atoms with Crippen LogP contribution in [0.2, 0.25) is 0 Å². The third-order valence-corrected chi connectivity index (χ3v) is 3.79. The van der Waals surface area contributed by atoms with E-state index in [9.17, 15) is 0 Å². The number of nitrogens with two attached hydrogens (primary N) is 1. The van der Waals surface area contributed by atoms with E-state index < -0.39 is 0 Å². The molecule has 0 saturated carbocycles. The summed E-state index contributed by atoms with van der Waals surface area (Å²) in [5.74, 6) is 0.761. The van der Waals surface area contributed by atoms with Crippen LogP contribution in [-0.4, -0.2) is 43.8 Å². The van der Waals surface area contributed by atoms with Gasteiger partial charge in [-0.2, -0.15) is 0 Å². The normalized spacial score (nSPS) is 34.2. The fourth-order valence-corrected chi connectivity index (χ4v) is 2.80. The molecule has 2 saturated heterocycles. The summed E-state index contributed by atoms with van der Waals surface area (Å²) >= 11 is 0. The Kier molecular flexibility index (Phi) is 4.42. The Hall–Kier alpha value is -0.120. The van der Waals surface area contributed by atoms with Crippen LogP contribution in [0.3, 0.4) is 0 Å². The van der Waals surface area contributed by atoms with Crippen LogP contribution in [0, 0.1) is 5.92 Å². The van der Waals surface area contributed by atoms with Crippen molar-refractivity contribution in [2.75, 3.05) is 32.8 Å². The zero-order valence-electron chi connectivity index (χ0n) is 9.66. The Labute approximate surface area is 93.0 Å². The summed E-state index contributed by atoms with van der Waals surface area (Å²) in [6.45, 7) is 5.22. The second kappa shape index (κ2) is 5.83. The van der Waals surface area contributed by atoms with Crippen LogP contribution in [0.1, 0.15) is 32.1 Å². The van der Waals surface area contributed by atoms with Crippen molar-refractivity contribution in [1.82, 2.24) is 4.90 Å². The molecular formula is C12H24N2O. The van der Waals surface area contributed by atoms with Gasteiger partial charge in [0.15, 0.2) is 0 Å². The van der Waals surface area contributed by atoms with Crippen LogP contribution in [0.5, 0.6) is 0 Å². The van der Waals surface area contributed by atoms with Gasteiger partial charge in [-0.1, -0.05) is 12.8 Å². The highest BCUT2D eigenvalue weighted by molar-refractivity contribution is 4.79. The lowest BCUT2D eigenvalue weighted by Gasteiger charge is -2.30. The molecule has 2 aliphatic heterocycles. The van der Waals surface area contributed by atoms with Crippen LogP contribution in [0.15, 0.2) is 0 Å². The van der Waals surface area contributed by atoms with Gasteiger partial charge in [0.25, 0.3) is 0 Å². The molecule has 0 aromatic carbocycles. The molecule has 3 heteroatoms. The fourth-order valence-electron chi connectivity index (χ4n) is 2.80. The van der Waals surface area contributed by atoms with Gasteiger partial charge in [0.1, 0.15) is 0 Å². The minimum Gasteiger partial charge on any atom is -0.381 e. The molecule has 2 atom stereocenters. The Morgan fingerprint density at radius 3 is 2.87 bits per heavy atom. The maximum Gasteiger partial charge on any atom is 0.0507 e. The maximum atomic E-state index is 5.86. The minimum atomic E-state index is 0.632. The highest BCUT2D eigenvalue weighted by Crippen LogP contribution is 2.20. The molecule has 2 fully saturated rings. The maximum absolute atomic E-state index is 5.86. The number of hydrogen-bond donors (Lipinski definition) is 1. The second-order valence-electron chi connectivity index (χ2n) is 4.96. The van der Waals surface area contributed by atoms with Gasteiger partial charge >= 0.3 is 0 Å². The summed E-state index contributed by atoms with van der Waals surface area (Å²) in [7, 11) is 0. The van der Waals surface area contributed by atoms with Gasteiger partial charge in [0, 0.05) is 25.7 Å². The second-order valence-corrected chi connectivity index (χ2v) is 4.96. The van der Waals surface area contributed by atoms with E-state index in [1.54, 1.807) is 0 Å². The first-order valence-electron chi connectivity index (χ1n) is 6.42. The molecule has 0 amide bonds. The van der Waals surface area contributed by atoms with Gasteiger partial charge in [-0.25, -0.2) is 0 Å². The van der Waals surface area contributed by atoms with Crippen LogP contribution in [0.25, 0.3) is 0 Å². The van der Waals surface area contributed by atoms with Gasteiger partial charge < -0.3 is 10.5 Å². The Morgan fingerprint density at radius 2 is 2.13 bits per heavy atom. The average Bonchev–Trinajstić information content (AvgIpc) is 2.64. The van der Waals surface area contributed by atoms with E-state index >= 15 is 0 Å². The molecule has 2 unspecified atom stereocenters. The lowest BCUT2D eigenvalue weighted by atomic mass is 10.1. The monoisotopic (exact) mass is 212 g/mol. The molecule has 2 heterocycles. The van der Waals surface area contributed by atoms with Gasteiger partial charge in [-0.15, -0.1) is 0 Å². The molecule has 0 bridgehead atoms. The molecule has 2 N–H and O–H groups in total. The van der Waals surface area contributed by atoms with Crippen molar-refractivity contribution in [1.29, 1.82) is 0 Å². The van der Waals surface area contributed by atoms with Crippen molar-refractivity contribution in [2.45, 2.75) is 38.1 Å². The number of rotatable bonds is 3. The van der Waals surface area contributed by atoms with Crippen molar-refractivity contribution in [2.24, 2.45) is 11.7 Å². The summed E-state index contributed by atoms with van der Waals surface area (Å²) in [5, 5.41) is 0. The number of likely N-dealkylation sites (tertiary alicyclic amines) is 1. The van der Waals surface area contributed by atoms with Crippen LogP contribution in [0.4, 0.5) is 0 Å². The zero-order chi connectivity index (χ0) is 10.5. The van der Waals surface area contributed by atoms with Crippen LogP contribution >= 0.6 is 0 Å². The predicted molar refractivity (Wildman–Crippen MR) is 61.8 cm³/mol. The minimum absolute atomic E-state index is 0.632. The molecule has 0 radical (unpaired) electrons. The molecule has 15 heavy (non-hydrogen) atoms. The van der Waals surface area contributed by atoms with E-state index in [1.807, 2.05) is 0 Å². The molecule has 0 aliphatic carbocycles. The van der Waals surface area contributed by atoms with Crippen LogP contribution < -0.4 is 5.73 Å². The fraction of sp³-hybridized carbons (Fsp3) is 1.00. The number of ether oxygens (including phenoxy) is 1. The molecule has 88 valence electrons. The molecule has 0 spiro atoms. The number of hydrogen-bond acceptors (Lipinski definition) is 3. The van der Waals surface area contributed by atoms with Crippen molar-refractivity contribution in [3.05, 3.63) is 0 Å². The van der Waals surface area contributed by atoms with Gasteiger partial charge in [0.2, 0.25) is 0 Å². The first-order valence-corrected chi connectivity index (χ1v) is 6.42. The lowest BCUT2D eigenvalue weighted by molar-refractivity contribution is 0.146. The van der Waals surface area contributed by atoms with Gasteiger partial charge in [0.05, 0.1) is 6.61 Å². The third-order valence-electron chi connectivity index (χ3n) is 3.79. The van der Waals surface area contributed by atoms with Crippen LogP contribution in [-0.2, 0) is 4.74 Å². The highest BCUT2D eigenvalue weighted by atomic mass is 16.5. The Morgan fingerprint density at radius 1 is 1.20 bits per heavy atom. The molecule has 2 rings (SSSR count). The summed E-state index contributed by atoms with van der Waals surface area (Å²) in [6.07, 6.45) is 6.63. The summed E-state index contributed by atoms with van der Waals surface area (Å²) in [4.78, 5) is 2.62. The predicted octanol–water partition coefficient (Wildman–Crippen LogP) is 1.23. The van der Waals surface area contributed by atoms with E-state index in [0.29, 0.717) is 6.04 Å². The SMILES string of the molecule is NCC1CCCCCN1CC1CCOC1. The Balaban J connectivity index is 1.85. The smallest absolute Gasteiger partial charge is 0.0507 e. The van der Waals surface area contributed by atoms with Crippen molar-refractivity contribution in [3.63, 3.8) is 0 Å². The molecule has 0 aromatic rings. The summed E-state index contributed by atoms with van der Waals surface area (Å²) in [6, 6.07) is 0.632. The first-order chi connectivity index (χ1) is 7.40. The topological polar surface area (TPSA) is 38.5 Å². The van der Waals surface area contributed by atoms with Crippen molar-refractivity contribution >= 4 is 0 Å².